The second-order valence-corrected chi connectivity index (χ2v) is 9.92. The molecule has 2 aliphatic heterocycles. The zero-order valence-electron chi connectivity index (χ0n) is 21.3. The minimum absolute atomic E-state index is 0.0235. The molecule has 200 valence electrons. The van der Waals surface area contributed by atoms with E-state index in [9.17, 15) is 18.0 Å². The standard InChI is InChI=1S/C30H32F3N3O2/c31-23-5-3-22(4-6-23)27-2-1-13-36(29-20-25(33)9-12-28(27)29)30(37)21-35-16-14-34(15-17-35)18-19-38-26-10-7-24(32)8-11-26/h3-12,20,27H,1-2,13-19,21H2/t27-/m1/s1. The van der Waals surface area contributed by atoms with E-state index >= 15 is 0 Å². The summed E-state index contributed by atoms with van der Waals surface area (Å²) < 4.78 is 46.6. The van der Waals surface area contributed by atoms with E-state index in [1.807, 2.05) is 0 Å². The third-order valence-corrected chi connectivity index (χ3v) is 7.42. The van der Waals surface area contributed by atoms with Crippen LogP contribution in [0.1, 0.15) is 29.9 Å². The van der Waals surface area contributed by atoms with Crippen molar-refractivity contribution in [2.24, 2.45) is 0 Å². The molecule has 0 saturated carbocycles. The van der Waals surface area contributed by atoms with E-state index in [1.165, 1.54) is 36.4 Å². The first-order valence-electron chi connectivity index (χ1n) is 13.1. The van der Waals surface area contributed by atoms with Crippen LogP contribution < -0.4 is 9.64 Å². The van der Waals surface area contributed by atoms with Crippen molar-refractivity contribution in [3.8, 4) is 5.75 Å². The van der Waals surface area contributed by atoms with Crippen molar-refractivity contribution in [3.05, 3.63) is 95.3 Å². The van der Waals surface area contributed by atoms with Gasteiger partial charge in [0, 0.05) is 45.2 Å². The van der Waals surface area contributed by atoms with E-state index < -0.39 is 0 Å². The van der Waals surface area contributed by atoms with Crippen molar-refractivity contribution in [1.82, 2.24) is 9.80 Å². The Morgan fingerprint density at radius 2 is 1.42 bits per heavy atom. The Morgan fingerprint density at radius 3 is 2.13 bits per heavy atom. The van der Waals surface area contributed by atoms with Gasteiger partial charge in [0.1, 0.15) is 29.8 Å². The first kappa shape index (κ1) is 26.3. The minimum atomic E-state index is -0.377. The molecule has 1 saturated heterocycles. The maximum absolute atomic E-state index is 14.3. The molecular weight excluding hydrogens is 491 g/mol. The van der Waals surface area contributed by atoms with Gasteiger partial charge in [0.15, 0.2) is 0 Å². The maximum Gasteiger partial charge on any atom is 0.241 e. The molecule has 5 nitrogen and oxygen atoms in total. The fourth-order valence-electron chi connectivity index (χ4n) is 5.35. The highest BCUT2D eigenvalue weighted by atomic mass is 19.1. The van der Waals surface area contributed by atoms with E-state index in [2.05, 4.69) is 9.80 Å². The lowest BCUT2D eigenvalue weighted by molar-refractivity contribution is -0.120. The predicted molar refractivity (Wildman–Crippen MR) is 141 cm³/mol. The number of hydrogen-bond acceptors (Lipinski definition) is 4. The summed E-state index contributed by atoms with van der Waals surface area (Å²) >= 11 is 0. The van der Waals surface area contributed by atoms with E-state index in [-0.39, 0.29) is 35.8 Å². The summed E-state index contributed by atoms with van der Waals surface area (Å²) in [6.45, 7) is 5.20. The van der Waals surface area contributed by atoms with E-state index in [0.29, 0.717) is 24.6 Å². The lowest BCUT2D eigenvalue weighted by Gasteiger charge is -2.35. The monoisotopic (exact) mass is 523 g/mol. The van der Waals surface area contributed by atoms with Gasteiger partial charge in [-0.15, -0.1) is 0 Å². The van der Waals surface area contributed by atoms with Crippen molar-refractivity contribution in [3.63, 3.8) is 0 Å². The van der Waals surface area contributed by atoms with Crippen molar-refractivity contribution in [2.45, 2.75) is 18.8 Å². The van der Waals surface area contributed by atoms with Gasteiger partial charge in [-0.25, -0.2) is 13.2 Å². The molecular formula is C30H32F3N3O2. The average molecular weight is 524 g/mol. The number of ether oxygens (including phenoxy) is 1. The number of nitrogens with zero attached hydrogens (tertiary/aromatic N) is 3. The fraction of sp³-hybridized carbons (Fsp3) is 0.367. The van der Waals surface area contributed by atoms with Crippen molar-refractivity contribution >= 4 is 11.6 Å². The van der Waals surface area contributed by atoms with Crippen LogP contribution >= 0.6 is 0 Å². The molecule has 1 amide bonds. The molecule has 0 radical (unpaired) electrons. The SMILES string of the molecule is O=C(CN1CCN(CCOc2ccc(F)cc2)CC1)N1CCC[C@H](c2ccc(F)cc2)c2ccc(F)cc21. The van der Waals surface area contributed by atoms with Gasteiger partial charge in [-0.2, -0.15) is 0 Å². The summed E-state index contributed by atoms with van der Waals surface area (Å²) in [5, 5.41) is 0. The molecule has 1 atom stereocenters. The largest absolute Gasteiger partial charge is 0.492 e. The molecule has 2 aliphatic rings. The van der Waals surface area contributed by atoms with Crippen LogP contribution in [-0.4, -0.2) is 68.1 Å². The van der Waals surface area contributed by atoms with Gasteiger partial charge in [-0.1, -0.05) is 18.2 Å². The van der Waals surface area contributed by atoms with Gasteiger partial charge in [0.25, 0.3) is 0 Å². The summed E-state index contributed by atoms with van der Waals surface area (Å²) in [4.78, 5) is 19.6. The third-order valence-electron chi connectivity index (χ3n) is 7.42. The van der Waals surface area contributed by atoms with Crippen molar-refractivity contribution in [2.75, 3.05) is 57.3 Å². The van der Waals surface area contributed by atoms with Gasteiger partial charge in [-0.05, 0) is 72.5 Å². The summed E-state index contributed by atoms with van der Waals surface area (Å²) in [7, 11) is 0. The number of anilines is 1. The molecule has 1 fully saturated rings. The number of hydrogen-bond donors (Lipinski definition) is 0. The highest BCUT2D eigenvalue weighted by Gasteiger charge is 2.29. The Bertz CT molecular complexity index is 1230. The summed E-state index contributed by atoms with van der Waals surface area (Å²) in [6, 6.07) is 17.1. The van der Waals surface area contributed by atoms with Crippen LogP contribution in [-0.2, 0) is 4.79 Å². The van der Waals surface area contributed by atoms with Crippen LogP contribution in [0.3, 0.4) is 0 Å². The molecule has 38 heavy (non-hydrogen) atoms. The predicted octanol–water partition coefficient (Wildman–Crippen LogP) is 5.06. The molecule has 5 rings (SSSR count). The van der Waals surface area contributed by atoms with Crippen molar-refractivity contribution < 1.29 is 22.7 Å². The van der Waals surface area contributed by atoms with Crippen LogP contribution in [0.15, 0.2) is 66.7 Å². The first-order valence-corrected chi connectivity index (χ1v) is 13.1. The molecule has 0 bridgehead atoms. The van der Waals surface area contributed by atoms with Crippen molar-refractivity contribution in [1.29, 1.82) is 0 Å². The number of benzene rings is 3. The zero-order valence-corrected chi connectivity index (χ0v) is 21.3. The lowest BCUT2D eigenvalue weighted by atomic mass is 9.87. The van der Waals surface area contributed by atoms with Gasteiger partial charge in [0.2, 0.25) is 5.91 Å². The molecule has 0 spiro atoms. The molecule has 0 aliphatic carbocycles. The Kier molecular flexibility index (Phi) is 8.29. The summed E-state index contributed by atoms with van der Waals surface area (Å²) in [5.41, 5.74) is 2.47. The van der Waals surface area contributed by atoms with Gasteiger partial charge in [-0.3, -0.25) is 14.6 Å². The van der Waals surface area contributed by atoms with Gasteiger partial charge >= 0.3 is 0 Å². The summed E-state index contributed by atoms with van der Waals surface area (Å²) in [6.07, 6.45) is 1.57. The van der Waals surface area contributed by atoms with E-state index in [4.69, 9.17) is 4.74 Å². The highest BCUT2D eigenvalue weighted by molar-refractivity contribution is 5.96. The van der Waals surface area contributed by atoms with Crippen LogP contribution in [0.25, 0.3) is 0 Å². The zero-order chi connectivity index (χ0) is 26.5. The van der Waals surface area contributed by atoms with E-state index in [0.717, 1.165) is 56.7 Å². The molecule has 0 aromatic heterocycles. The number of rotatable bonds is 7. The van der Waals surface area contributed by atoms with Gasteiger partial charge < -0.3 is 9.64 Å². The Labute approximate surface area is 221 Å². The van der Waals surface area contributed by atoms with E-state index in [1.54, 1.807) is 35.2 Å². The topological polar surface area (TPSA) is 36.0 Å². The number of carbonyl (C=O) groups is 1. The summed E-state index contributed by atoms with van der Waals surface area (Å²) in [5.74, 6) is -0.373. The fourth-order valence-corrected chi connectivity index (χ4v) is 5.35. The Balaban J connectivity index is 1.18. The number of piperazine rings is 1. The molecule has 3 aromatic rings. The quantitative estimate of drug-likeness (QED) is 0.434. The molecule has 0 unspecified atom stereocenters. The molecule has 8 heteroatoms. The molecule has 3 aromatic carbocycles. The van der Waals surface area contributed by atoms with Crippen LogP contribution in [0.5, 0.6) is 5.75 Å². The number of fused-ring (bicyclic) bond motifs is 1. The smallest absolute Gasteiger partial charge is 0.241 e. The van der Waals surface area contributed by atoms with Crippen LogP contribution in [0.4, 0.5) is 18.9 Å². The molecule has 2 heterocycles. The van der Waals surface area contributed by atoms with Crippen LogP contribution in [0, 0.1) is 17.5 Å². The second-order valence-electron chi connectivity index (χ2n) is 9.92. The number of amides is 1. The first-order chi connectivity index (χ1) is 18.5. The minimum Gasteiger partial charge on any atom is -0.492 e. The van der Waals surface area contributed by atoms with Crippen LogP contribution in [0.2, 0.25) is 0 Å². The highest BCUT2D eigenvalue weighted by Crippen LogP contribution is 2.39. The third kappa shape index (κ3) is 6.37. The van der Waals surface area contributed by atoms with Gasteiger partial charge in [0.05, 0.1) is 12.2 Å². The Morgan fingerprint density at radius 1 is 0.789 bits per heavy atom. The lowest BCUT2D eigenvalue weighted by Crippen LogP contribution is -2.51. The average Bonchev–Trinajstić information content (AvgIpc) is 3.11. The number of halogens is 3. The second kappa shape index (κ2) is 12.0. The number of carbonyl (C=O) groups excluding carboxylic acids is 1. The normalized spacial score (nSPS) is 18.6. The Hall–Kier alpha value is -3.36. The molecule has 0 N–H and O–H groups in total. The maximum atomic E-state index is 14.3.